The van der Waals surface area contributed by atoms with Gasteiger partial charge in [0.25, 0.3) is 0 Å². The van der Waals surface area contributed by atoms with Gasteiger partial charge in [0.05, 0.1) is 0 Å². The number of fused-ring (bicyclic) bond motifs is 3. The largest absolute Gasteiger partial charge is 0.0616 e. The van der Waals surface area contributed by atoms with Crippen LogP contribution in [0.3, 0.4) is 0 Å². The van der Waals surface area contributed by atoms with Gasteiger partial charge in [-0.2, -0.15) is 0 Å². The Kier molecular flexibility index (Phi) is 1.54. The fraction of sp³-hybridized carbons (Fsp3) is 0. The fourth-order valence-corrected chi connectivity index (χ4v) is 1.95. The maximum atomic E-state index is 2.18. The highest BCUT2D eigenvalue weighted by Crippen LogP contribution is 2.24. The summed E-state index contributed by atoms with van der Waals surface area (Å²) in [6.07, 6.45) is 0. The zero-order chi connectivity index (χ0) is 9.38. The average molecular weight is 184 g/mol. The third-order valence-corrected chi connectivity index (χ3v) is 2.65. The van der Waals surface area contributed by atoms with Crippen LogP contribution in [0.15, 0.2) is 60.7 Å². The normalized spacial score (nSPS) is 10.9. The van der Waals surface area contributed by atoms with Crippen LogP contribution in [0, 0.1) is 0 Å². The minimum Gasteiger partial charge on any atom is -0.0616 e. The van der Waals surface area contributed by atoms with E-state index in [9.17, 15) is 0 Å². The molecule has 0 amide bonds. The SMILES string of the molecule is c1ccc2c(c1)cc[13c]1[13cH][13cH][13cH][13cH][13c]21. The minimum atomic E-state index is 1.31. The smallest absolute Gasteiger partial charge is 0.0105 e. The van der Waals surface area contributed by atoms with Gasteiger partial charge in [-0.25, -0.2) is 0 Å². The molecule has 0 aliphatic heterocycles. The van der Waals surface area contributed by atoms with Crippen LogP contribution < -0.4 is 0 Å². The van der Waals surface area contributed by atoms with E-state index in [4.69, 9.17) is 0 Å². The van der Waals surface area contributed by atoms with Gasteiger partial charge >= 0.3 is 0 Å². The van der Waals surface area contributed by atoms with Crippen molar-refractivity contribution in [3.63, 3.8) is 0 Å². The van der Waals surface area contributed by atoms with E-state index in [-0.39, 0.29) is 0 Å². The predicted octanol–water partition coefficient (Wildman–Crippen LogP) is 3.99. The number of hydrogen-bond donors (Lipinski definition) is 0. The minimum absolute atomic E-state index is 1.31. The molecule has 0 heteroatoms. The van der Waals surface area contributed by atoms with Gasteiger partial charge < -0.3 is 0 Å². The van der Waals surface area contributed by atoms with E-state index in [1.807, 2.05) is 0 Å². The van der Waals surface area contributed by atoms with E-state index in [1.54, 1.807) is 0 Å². The fourth-order valence-electron chi connectivity index (χ4n) is 1.95. The Balaban J connectivity index is 2.61. The Labute approximate surface area is 82.8 Å². The molecule has 0 bridgehead atoms. The monoisotopic (exact) mass is 184 g/mol. The van der Waals surface area contributed by atoms with Crippen molar-refractivity contribution in [3.8, 4) is 0 Å². The van der Waals surface area contributed by atoms with E-state index in [0.717, 1.165) is 0 Å². The van der Waals surface area contributed by atoms with Crippen LogP contribution in [0.5, 0.6) is 0 Å². The Hall–Kier alpha value is -1.82. The third-order valence-electron chi connectivity index (χ3n) is 2.65. The lowest BCUT2D eigenvalue weighted by atomic mass is 10.2. The van der Waals surface area contributed by atoms with Crippen LogP contribution in [0.1, 0.15) is 0 Å². The predicted molar refractivity (Wildman–Crippen MR) is 61.5 cm³/mol. The molecule has 0 N–H and O–H groups in total. The first-order valence-corrected chi connectivity index (χ1v) is 4.82. The number of hydrogen-bond acceptors (Lipinski definition) is 0. The molecule has 0 unspecified atom stereocenters. The first-order chi connectivity index (χ1) is 6.95. The standard InChI is InChI=1S/C14H10/c1-3-7-13-11(5-1)9-10-12-6-2-4-8-14(12)13/h1-10H/i1+1,3+1,5+1,7+1,11+1,13+1. The van der Waals surface area contributed by atoms with Gasteiger partial charge in [0, 0.05) is 0 Å². The summed E-state index contributed by atoms with van der Waals surface area (Å²) in [5.41, 5.74) is 0. The Morgan fingerprint density at radius 1 is 0.429 bits per heavy atom. The highest BCUT2D eigenvalue weighted by atomic mass is 14.8. The molecule has 0 aromatic heterocycles. The molecule has 0 spiro atoms. The second-order valence-corrected chi connectivity index (χ2v) is 3.51. The van der Waals surface area contributed by atoms with Crippen molar-refractivity contribution in [2.24, 2.45) is 0 Å². The van der Waals surface area contributed by atoms with Gasteiger partial charge in [-0.3, -0.25) is 0 Å². The highest BCUT2D eigenvalue weighted by Gasteiger charge is 1.97. The number of benzene rings is 3. The summed E-state index contributed by atoms with van der Waals surface area (Å²) in [5.74, 6) is 0. The topological polar surface area (TPSA) is 0 Å². The van der Waals surface area contributed by atoms with Crippen molar-refractivity contribution >= 4 is 21.5 Å². The molecular weight excluding hydrogens is 174 g/mol. The molecule has 0 atom stereocenters. The maximum absolute atomic E-state index is 2.18. The Morgan fingerprint density at radius 2 is 0.857 bits per heavy atom. The lowest BCUT2D eigenvalue weighted by Gasteiger charge is -2.02. The van der Waals surface area contributed by atoms with E-state index in [1.165, 1.54) is 21.5 Å². The summed E-state index contributed by atoms with van der Waals surface area (Å²) in [5, 5.41) is 5.30. The van der Waals surface area contributed by atoms with Crippen LogP contribution in [-0.4, -0.2) is 0 Å². The third kappa shape index (κ3) is 1.01. The second kappa shape index (κ2) is 2.85. The van der Waals surface area contributed by atoms with Crippen molar-refractivity contribution in [2.75, 3.05) is 0 Å². The van der Waals surface area contributed by atoms with Crippen molar-refractivity contribution in [1.82, 2.24) is 0 Å². The van der Waals surface area contributed by atoms with Crippen molar-refractivity contribution < 1.29 is 0 Å². The highest BCUT2D eigenvalue weighted by molar-refractivity contribution is 6.07. The summed E-state index contributed by atoms with van der Waals surface area (Å²) in [6.45, 7) is 0. The van der Waals surface area contributed by atoms with Crippen LogP contribution in [-0.2, 0) is 0 Å². The molecule has 0 aliphatic rings. The summed E-state index contributed by atoms with van der Waals surface area (Å²) >= 11 is 0. The molecule has 66 valence electrons. The molecule has 0 nitrogen and oxygen atoms in total. The van der Waals surface area contributed by atoms with Crippen LogP contribution >= 0.6 is 0 Å². The number of rotatable bonds is 0. The van der Waals surface area contributed by atoms with Crippen molar-refractivity contribution in [1.29, 1.82) is 0 Å². The quantitative estimate of drug-likeness (QED) is 0.463. The molecule has 0 radical (unpaired) electrons. The molecular formula is C14H10. The first-order valence-electron chi connectivity index (χ1n) is 4.82. The molecule has 0 saturated heterocycles. The van der Waals surface area contributed by atoms with Gasteiger partial charge in [-0.15, -0.1) is 0 Å². The first kappa shape index (κ1) is 7.57. The average Bonchev–Trinajstić information content (AvgIpc) is 2.29. The van der Waals surface area contributed by atoms with Crippen molar-refractivity contribution in [3.05, 3.63) is 60.7 Å². The lowest BCUT2D eigenvalue weighted by Crippen LogP contribution is -1.75. The van der Waals surface area contributed by atoms with Crippen LogP contribution in [0.4, 0.5) is 0 Å². The van der Waals surface area contributed by atoms with E-state index in [2.05, 4.69) is 60.7 Å². The molecule has 0 heterocycles. The van der Waals surface area contributed by atoms with Gasteiger partial charge in [-0.05, 0) is 21.5 Å². The van der Waals surface area contributed by atoms with Gasteiger partial charge in [0.15, 0.2) is 0 Å². The molecule has 0 saturated carbocycles. The lowest BCUT2D eigenvalue weighted by molar-refractivity contribution is 1.76. The maximum Gasteiger partial charge on any atom is -0.0105 e. The summed E-state index contributed by atoms with van der Waals surface area (Å²) in [7, 11) is 0. The van der Waals surface area contributed by atoms with Gasteiger partial charge in [0.1, 0.15) is 0 Å². The second-order valence-electron chi connectivity index (χ2n) is 3.51. The molecule has 3 aromatic carbocycles. The van der Waals surface area contributed by atoms with E-state index < -0.39 is 0 Å². The zero-order valence-corrected chi connectivity index (χ0v) is 7.77. The van der Waals surface area contributed by atoms with Gasteiger partial charge in [0.2, 0.25) is 0 Å². The molecule has 3 aromatic rings. The van der Waals surface area contributed by atoms with Crippen LogP contribution in [0.2, 0.25) is 0 Å². The summed E-state index contributed by atoms with van der Waals surface area (Å²) < 4.78 is 0. The van der Waals surface area contributed by atoms with Crippen molar-refractivity contribution in [2.45, 2.75) is 0 Å². The molecule has 0 fully saturated rings. The van der Waals surface area contributed by atoms with E-state index >= 15 is 0 Å². The van der Waals surface area contributed by atoms with Crippen LogP contribution in [0.25, 0.3) is 21.5 Å². The van der Waals surface area contributed by atoms with E-state index in [0.29, 0.717) is 0 Å². The Morgan fingerprint density at radius 3 is 1.36 bits per heavy atom. The zero-order valence-electron chi connectivity index (χ0n) is 7.77. The van der Waals surface area contributed by atoms with Gasteiger partial charge in [-0.1, -0.05) is 60.7 Å². The Bertz CT molecular complexity index is 539. The summed E-state index contributed by atoms with van der Waals surface area (Å²) in [4.78, 5) is 0. The molecule has 3 rings (SSSR count). The summed E-state index contributed by atoms with van der Waals surface area (Å²) in [6, 6.07) is 21.4. The molecule has 14 heavy (non-hydrogen) atoms. The molecule has 0 aliphatic carbocycles.